The van der Waals surface area contributed by atoms with Gasteiger partial charge in [-0.1, -0.05) is 132 Å². The SMILES string of the molecule is C=C(CCCC(C)(C)CCC(CCC(C)(C)CCCC(=C)OCCCCCCCCC)CC(=O)CCCN(C)C)OCCCCCCCCC. The molecule has 0 saturated heterocycles. The van der Waals surface area contributed by atoms with Crippen molar-refractivity contribution in [3.05, 3.63) is 24.7 Å². The van der Waals surface area contributed by atoms with E-state index in [0.717, 1.165) is 95.5 Å². The smallest absolute Gasteiger partial charge is 0.133 e. The molecule has 0 aromatic heterocycles. The first-order chi connectivity index (χ1) is 23.8. The molecule has 0 aliphatic rings. The number of carbonyl (C=O) groups excluding carboxylic acids is 1. The Morgan fingerprint density at radius 1 is 0.560 bits per heavy atom. The lowest BCUT2D eigenvalue weighted by Gasteiger charge is -2.30. The molecule has 0 unspecified atom stereocenters. The van der Waals surface area contributed by atoms with Gasteiger partial charge in [-0.2, -0.15) is 0 Å². The number of Topliss-reactive ketones (excluding diaryl/α,β-unsaturated/α-hetero) is 1. The first-order valence-electron chi connectivity index (χ1n) is 21.6. The van der Waals surface area contributed by atoms with Gasteiger partial charge >= 0.3 is 0 Å². The van der Waals surface area contributed by atoms with Crippen LogP contribution in [-0.4, -0.2) is 44.5 Å². The molecule has 296 valence electrons. The lowest BCUT2D eigenvalue weighted by molar-refractivity contribution is -0.120. The Balaban J connectivity index is 4.63. The highest BCUT2D eigenvalue weighted by atomic mass is 16.5. The zero-order valence-electron chi connectivity index (χ0n) is 35.4. The van der Waals surface area contributed by atoms with Gasteiger partial charge in [-0.3, -0.25) is 4.79 Å². The first-order valence-corrected chi connectivity index (χ1v) is 21.6. The Kier molecular flexibility index (Phi) is 30.4. The Labute approximate surface area is 314 Å². The lowest BCUT2D eigenvalue weighted by Crippen LogP contribution is -2.19. The van der Waals surface area contributed by atoms with E-state index in [2.05, 4.69) is 73.7 Å². The summed E-state index contributed by atoms with van der Waals surface area (Å²) in [6, 6.07) is 0. The number of allylic oxidation sites excluding steroid dienone is 2. The van der Waals surface area contributed by atoms with Crippen molar-refractivity contribution in [2.45, 2.75) is 215 Å². The van der Waals surface area contributed by atoms with Crippen molar-refractivity contribution < 1.29 is 14.3 Å². The Morgan fingerprint density at radius 2 is 0.960 bits per heavy atom. The highest BCUT2D eigenvalue weighted by Gasteiger charge is 2.25. The quantitative estimate of drug-likeness (QED) is 0.0474. The fraction of sp³-hybridized carbons (Fsp3) is 0.891. The van der Waals surface area contributed by atoms with Gasteiger partial charge in [0.1, 0.15) is 5.78 Å². The molecule has 0 atom stereocenters. The number of hydrogen-bond donors (Lipinski definition) is 0. The molecule has 4 nitrogen and oxygen atoms in total. The highest BCUT2D eigenvalue weighted by molar-refractivity contribution is 5.78. The highest BCUT2D eigenvalue weighted by Crippen LogP contribution is 2.37. The van der Waals surface area contributed by atoms with E-state index < -0.39 is 0 Å². The Hall–Kier alpha value is -1.29. The van der Waals surface area contributed by atoms with Crippen LogP contribution in [0.3, 0.4) is 0 Å². The number of hydrogen-bond acceptors (Lipinski definition) is 4. The number of ketones is 1. The molecule has 0 N–H and O–H groups in total. The lowest BCUT2D eigenvalue weighted by atomic mass is 9.75. The minimum atomic E-state index is 0.260. The molecule has 0 fully saturated rings. The summed E-state index contributed by atoms with van der Waals surface area (Å²) < 4.78 is 11.9. The normalized spacial score (nSPS) is 12.2. The second-order valence-corrected chi connectivity index (χ2v) is 17.6. The fourth-order valence-electron chi connectivity index (χ4n) is 7.03. The van der Waals surface area contributed by atoms with Crippen molar-refractivity contribution in [3.8, 4) is 0 Å². The van der Waals surface area contributed by atoms with Crippen LogP contribution < -0.4 is 0 Å². The third-order valence-corrected chi connectivity index (χ3v) is 10.8. The minimum Gasteiger partial charge on any atom is -0.499 e. The molecule has 0 amide bonds. The van der Waals surface area contributed by atoms with Crippen molar-refractivity contribution in [2.75, 3.05) is 33.9 Å². The summed E-state index contributed by atoms with van der Waals surface area (Å²) in [4.78, 5) is 15.3. The summed E-state index contributed by atoms with van der Waals surface area (Å²) in [5, 5.41) is 0. The van der Waals surface area contributed by atoms with Crippen LogP contribution >= 0.6 is 0 Å². The molecule has 4 heteroatoms. The first kappa shape index (κ1) is 48.7. The molecule has 0 rings (SSSR count). The largest absolute Gasteiger partial charge is 0.499 e. The van der Waals surface area contributed by atoms with E-state index in [-0.39, 0.29) is 10.8 Å². The molecule has 50 heavy (non-hydrogen) atoms. The van der Waals surface area contributed by atoms with E-state index in [0.29, 0.717) is 18.1 Å². The third-order valence-electron chi connectivity index (χ3n) is 10.8. The van der Waals surface area contributed by atoms with E-state index >= 15 is 0 Å². The summed E-state index contributed by atoms with van der Waals surface area (Å²) in [7, 11) is 4.18. The molecule has 0 bridgehead atoms. The monoisotopic (exact) mass is 704 g/mol. The maximum absolute atomic E-state index is 13.1. The Morgan fingerprint density at radius 3 is 1.36 bits per heavy atom. The zero-order valence-corrected chi connectivity index (χ0v) is 35.4. The standard InChI is InChI=1S/C46H89NO3/c1-11-13-15-17-19-21-23-38-49-41(3)28-25-33-45(5,6)35-31-43(40-44(48)30-27-37-47(9)10)32-36-46(7,8)34-26-29-42(4)50-39-24-22-20-18-16-14-12-2/h43H,3-4,11-40H2,1-2,5-10H3. The molecule has 0 aliphatic carbocycles. The van der Waals surface area contributed by atoms with Gasteiger partial charge in [0.05, 0.1) is 24.7 Å². The zero-order chi connectivity index (χ0) is 37.5. The van der Waals surface area contributed by atoms with E-state index in [1.54, 1.807) is 0 Å². The number of ether oxygens (including phenoxy) is 2. The van der Waals surface area contributed by atoms with Crippen molar-refractivity contribution in [1.29, 1.82) is 0 Å². The van der Waals surface area contributed by atoms with Gasteiger partial charge in [-0.15, -0.1) is 0 Å². The maximum Gasteiger partial charge on any atom is 0.133 e. The number of carbonyl (C=O) groups is 1. The van der Waals surface area contributed by atoms with Gasteiger partial charge in [0, 0.05) is 25.7 Å². The second kappa shape index (κ2) is 31.3. The summed E-state index contributed by atoms with van der Waals surface area (Å²) in [6.45, 7) is 25.2. The van der Waals surface area contributed by atoms with Crippen molar-refractivity contribution in [1.82, 2.24) is 4.90 Å². The van der Waals surface area contributed by atoms with Gasteiger partial charge in [-0.05, 0) is 108 Å². The molecule has 0 radical (unpaired) electrons. The van der Waals surface area contributed by atoms with Crippen molar-refractivity contribution in [2.24, 2.45) is 16.7 Å². The molecular formula is C46H89NO3. The van der Waals surface area contributed by atoms with Crippen LogP contribution in [0.5, 0.6) is 0 Å². The molecular weight excluding hydrogens is 615 g/mol. The van der Waals surface area contributed by atoms with Gasteiger partial charge in [0.15, 0.2) is 0 Å². The predicted octanol–water partition coefficient (Wildman–Crippen LogP) is 14.4. The maximum atomic E-state index is 13.1. The van der Waals surface area contributed by atoms with Crippen molar-refractivity contribution in [3.63, 3.8) is 0 Å². The average molecular weight is 704 g/mol. The molecule has 0 aromatic carbocycles. The summed E-state index contributed by atoms with van der Waals surface area (Å²) in [6.07, 6.45) is 31.8. The van der Waals surface area contributed by atoms with Crippen LogP contribution in [0.2, 0.25) is 0 Å². The second-order valence-electron chi connectivity index (χ2n) is 17.6. The molecule has 0 saturated carbocycles. The summed E-state index contributed by atoms with van der Waals surface area (Å²) in [5.74, 6) is 2.84. The average Bonchev–Trinajstić information content (AvgIpc) is 3.04. The van der Waals surface area contributed by atoms with Crippen molar-refractivity contribution >= 4 is 5.78 Å². The number of nitrogens with zero attached hydrogens (tertiary/aromatic N) is 1. The van der Waals surface area contributed by atoms with Crippen LogP contribution in [0.15, 0.2) is 24.7 Å². The molecule has 0 heterocycles. The molecule has 0 aliphatic heterocycles. The van der Waals surface area contributed by atoms with Gasteiger partial charge in [0.2, 0.25) is 0 Å². The van der Waals surface area contributed by atoms with E-state index in [9.17, 15) is 4.79 Å². The minimum absolute atomic E-state index is 0.260. The van der Waals surface area contributed by atoms with Crippen LogP contribution in [-0.2, 0) is 14.3 Å². The van der Waals surface area contributed by atoms with Crippen LogP contribution in [0, 0.1) is 16.7 Å². The third kappa shape index (κ3) is 32.6. The fourth-order valence-corrected chi connectivity index (χ4v) is 7.03. The number of rotatable bonds is 38. The van der Waals surface area contributed by atoms with Crippen LogP contribution in [0.4, 0.5) is 0 Å². The van der Waals surface area contributed by atoms with E-state index in [4.69, 9.17) is 9.47 Å². The van der Waals surface area contributed by atoms with Crippen LogP contribution in [0.25, 0.3) is 0 Å². The number of unbranched alkanes of at least 4 members (excludes halogenated alkanes) is 12. The van der Waals surface area contributed by atoms with E-state index in [1.165, 1.54) is 103 Å². The van der Waals surface area contributed by atoms with E-state index in [1.807, 2.05) is 0 Å². The molecule has 0 aromatic rings. The summed E-state index contributed by atoms with van der Waals surface area (Å²) >= 11 is 0. The van der Waals surface area contributed by atoms with Crippen LogP contribution in [0.1, 0.15) is 215 Å². The van der Waals surface area contributed by atoms with Gasteiger partial charge in [0.25, 0.3) is 0 Å². The van der Waals surface area contributed by atoms with Gasteiger partial charge < -0.3 is 14.4 Å². The van der Waals surface area contributed by atoms with Gasteiger partial charge in [-0.25, -0.2) is 0 Å². The summed E-state index contributed by atoms with van der Waals surface area (Å²) in [5.41, 5.74) is 0.520. The predicted molar refractivity (Wildman–Crippen MR) is 221 cm³/mol. The topological polar surface area (TPSA) is 38.8 Å². The molecule has 0 spiro atoms. The Bertz CT molecular complexity index is 775.